The Morgan fingerprint density at radius 2 is 2.05 bits per heavy atom. The highest BCUT2D eigenvalue weighted by Crippen LogP contribution is 2.51. The highest BCUT2D eigenvalue weighted by molar-refractivity contribution is 14.0. The van der Waals surface area contributed by atoms with Crippen molar-refractivity contribution in [2.75, 3.05) is 13.7 Å². The zero-order valence-electron chi connectivity index (χ0n) is 12.7. The van der Waals surface area contributed by atoms with Crippen molar-refractivity contribution in [3.63, 3.8) is 0 Å². The molecule has 3 unspecified atom stereocenters. The van der Waals surface area contributed by atoms with Crippen LogP contribution in [0.1, 0.15) is 40.5 Å². The fourth-order valence-corrected chi connectivity index (χ4v) is 3.41. The van der Waals surface area contributed by atoms with Gasteiger partial charge in [-0.3, -0.25) is 4.99 Å². The van der Waals surface area contributed by atoms with Crippen LogP contribution < -0.4 is 10.6 Å². The lowest BCUT2D eigenvalue weighted by Crippen LogP contribution is -2.71. The first-order chi connectivity index (χ1) is 8.46. The molecule has 0 amide bonds. The van der Waals surface area contributed by atoms with Crippen molar-refractivity contribution in [1.29, 1.82) is 0 Å². The zero-order valence-corrected chi connectivity index (χ0v) is 15.0. The van der Waals surface area contributed by atoms with E-state index in [4.69, 9.17) is 4.74 Å². The molecule has 0 aromatic rings. The normalized spacial score (nSPS) is 32.9. The second-order valence-corrected chi connectivity index (χ2v) is 6.41. The van der Waals surface area contributed by atoms with Gasteiger partial charge in [-0.1, -0.05) is 13.8 Å². The molecule has 1 aliphatic heterocycles. The van der Waals surface area contributed by atoms with E-state index in [1.807, 2.05) is 7.05 Å². The fourth-order valence-electron chi connectivity index (χ4n) is 3.41. The summed E-state index contributed by atoms with van der Waals surface area (Å²) in [5.41, 5.74) is 0.194. The zero-order chi connectivity index (χ0) is 13.3. The standard InChI is InChI=1S/C14H27N3O.HI/c1-9(2)16-13(15-5)17-11-10-7-6-8-18-12(10)14(11,3)4;/h9-12H,6-8H2,1-5H3,(H2,15,16,17);1H. The number of nitrogens with zero attached hydrogens (tertiary/aromatic N) is 1. The molecule has 4 nitrogen and oxygen atoms in total. The molecule has 1 heterocycles. The summed E-state index contributed by atoms with van der Waals surface area (Å²) in [6.45, 7) is 9.77. The van der Waals surface area contributed by atoms with Crippen LogP contribution in [0, 0.1) is 11.3 Å². The van der Waals surface area contributed by atoms with Crippen LogP contribution in [0.5, 0.6) is 0 Å². The minimum absolute atomic E-state index is 0. The number of guanidine groups is 1. The van der Waals surface area contributed by atoms with Gasteiger partial charge in [-0.15, -0.1) is 24.0 Å². The highest BCUT2D eigenvalue weighted by Gasteiger charge is 2.58. The molecule has 1 saturated heterocycles. The van der Waals surface area contributed by atoms with Crippen LogP contribution in [0.2, 0.25) is 0 Å². The van der Waals surface area contributed by atoms with E-state index in [9.17, 15) is 0 Å². The Balaban J connectivity index is 0.00000180. The van der Waals surface area contributed by atoms with E-state index in [2.05, 4.69) is 43.3 Å². The van der Waals surface area contributed by atoms with E-state index in [-0.39, 0.29) is 29.4 Å². The Labute approximate surface area is 134 Å². The molecule has 1 saturated carbocycles. The van der Waals surface area contributed by atoms with Crippen molar-refractivity contribution in [3.8, 4) is 0 Å². The molecule has 0 aromatic heterocycles. The van der Waals surface area contributed by atoms with E-state index in [0.29, 0.717) is 24.1 Å². The largest absolute Gasteiger partial charge is 0.377 e. The molecule has 2 rings (SSSR count). The first-order valence-electron chi connectivity index (χ1n) is 7.08. The molecule has 19 heavy (non-hydrogen) atoms. The van der Waals surface area contributed by atoms with Crippen molar-refractivity contribution < 1.29 is 4.74 Å². The molecule has 2 fully saturated rings. The summed E-state index contributed by atoms with van der Waals surface area (Å²) < 4.78 is 5.92. The lowest BCUT2D eigenvalue weighted by atomic mass is 9.55. The van der Waals surface area contributed by atoms with E-state index in [0.717, 1.165) is 12.6 Å². The average Bonchev–Trinajstić information content (AvgIpc) is 2.33. The predicted molar refractivity (Wildman–Crippen MR) is 90.2 cm³/mol. The summed E-state index contributed by atoms with van der Waals surface area (Å²) in [7, 11) is 1.83. The Hall–Kier alpha value is -0.0400. The fraction of sp³-hybridized carbons (Fsp3) is 0.929. The Morgan fingerprint density at radius 1 is 1.37 bits per heavy atom. The van der Waals surface area contributed by atoms with Crippen molar-refractivity contribution in [3.05, 3.63) is 0 Å². The van der Waals surface area contributed by atoms with Crippen molar-refractivity contribution >= 4 is 29.9 Å². The van der Waals surface area contributed by atoms with E-state index < -0.39 is 0 Å². The number of rotatable bonds is 2. The topological polar surface area (TPSA) is 45.7 Å². The lowest BCUT2D eigenvalue weighted by molar-refractivity contribution is -0.188. The molecule has 112 valence electrons. The van der Waals surface area contributed by atoms with Gasteiger partial charge < -0.3 is 15.4 Å². The summed E-state index contributed by atoms with van der Waals surface area (Å²) in [5, 5.41) is 6.94. The Kier molecular flexibility index (Phi) is 5.92. The molecular weight excluding hydrogens is 353 g/mol. The maximum Gasteiger partial charge on any atom is 0.191 e. The van der Waals surface area contributed by atoms with Gasteiger partial charge in [-0.25, -0.2) is 0 Å². The van der Waals surface area contributed by atoms with Crippen LogP contribution in [-0.2, 0) is 4.74 Å². The average molecular weight is 381 g/mol. The van der Waals surface area contributed by atoms with Crippen LogP contribution >= 0.6 is 24.0 Å². The number of nitrogens with one attached hydrogen (secondary N) is 2. The van der Waals surface area contributed by atoms with Gasteiger partial charge in [0.2, 0.25) is 0 Å². The maximum absolute atomic E-state index is 5.92. The monoisotopic (exact) mass is 381 g/mol. The minimum Gasteiger partial charge on any atom is -0.377 e. The number of ether oxygens (including phenoxy) is 1. The van der Waals surface area contributed by atoms with E-state index in [1.165, 1.54) is 12.8 Å². The summed E-state index contributed by atoms with van der Waals surface area (Å²) >= 11 is 0. The minimum atomic E-state index is 0. The van der Waals surface area contributed by atoms with Gasteiger partial charge in [0, 0.05) is 37.1 Å². The van der Waals surface area contributed by atoms with Gasteiger partial charge in [-0.05, 0) is 26.7 Å². The van der Waals surface area contributed by atoms with E-state index >= 15 is 0 Å². The summed E-state index contributed by atoms with van der Waals surface area (Å²) in [5.74, 6) is 1.55. The van der Waals surface area contributed by atoms with Gasteiger partial charge in [0.25, 0.3) is 0 Å². The third-order valence-corrected chi connectivity index (χ3v) is 4.27. The number of hydrogen-bond acceptors (Lipinski definition) is 2. The van der Waals surface area contributed by atoms with Gasteiger partial charge in [-0.2, -0.15) is 0 Å². The van der Waals surface area contributed by atoms with Gasteiger partial charge in [0.1, 0.15) is 0 Å². The molecule has 3 atom stereocenters. The van der Waals surface area contributed by atoms with Gasteiger partial charge in [0.15, 0.2) is 5.96 Å². The third-order valence-electron chi connectivity index (χ3n) is 4.27. The van der Waals surface area contributed by atoms with Crippen LogP contribution in [0.4, 0.5) is 0 Å². The van der Waals surface area contributed by atoms with Crippen LogP contribution in [-0.4, -0.2) is 37.8 Å². The smallest absolute Gasteiger partial charge is 0.191 e. The number of hydrogen-bond donors (Lipinski definition) is 2. The number of aliphatic imine (C=N–C) groups is 1. The first kappa shape index (κ1) is 17.0. The highest BCUT2D eigenvalue weighted by atomic mass is 127. The molecule has 1 aliphatic carbocycles. The molecule has 0 aromatic carbocycles. The Morgan fingerprint density at radius 3 is 2.63 bits per heavy atom. The van der Waals surface area contributed by atoms with Crippen LogP contribution in [0.15, 0.2) is 4.99 Å². The first-order valence-corrected chi connectivity index (χ1v) is 7.08. The summed E-state index contributed by atoms with van der Waals surface area (Å²) in [4.78, 5) is 4.31. The maximum atomic E-state index is 5.92. The SMILES string of the molecule is CN=C(NC(C)C)NC1C2CCCOC2C1(C)C.I. The molecule has 2 N–H and O–H groups in total. The van der Waals surface area contributed by atoms with Crippen molar-refractivity contribution in [2.24, 2.45) is 16.3 Å². The van der Waals surface area contributed by atoms with Crippen LogP contribution in [0.3, 0.4) is 0 Å². The van der Waals surface area contributed by atoms with Gasteiger partial charge in [0.05, 0.1) is 6.10 Å². The Bertz CT molecular complexity index is 331. The molecule has 5 heteroatoms. The second kappa shape index (κ2) is 6.61. The molecule has 0 radical (unpaired) electrons. The number of fused-ring (bicyclic) bond motifs is 1. The van der Waals surface area contributed by atoms with Crippen molar-refractivity contribution in [1.82, 2.24) is 10.6 Å². The lowest BCUT2D eigenvalue weighted by Gasteiger charge is -2.60. The summed E-state index contributed by atoms with van der Waals surface area (Å²) in [6.07, 6.45) is 2.87. The predicted octanol–water partition coefficient (Wildman–Crippen LogP) is 2.38. The van der Waals surface area contributed by atoms with E-state index in [1.54, 1.807) is 0 Å². The molecule has 0 bridgehead atoms. The molecular formula is C14H28IN3O. The molecule has 2 aliphatic rings. The van der Waals surface area contributed by atoms with Gasteiger partial charge >= 0.3 is 0 Å². The quantitative estimate of drug-likeness (QED) is 0.439. The summed E-state index contributed by atoms with van der Waals surface area (Å²) in [6, 6.07) is 0.866. The second-order valence-electron chi connectivity index (χ2n) is 6.41. The van der Waals surface area contributed by atoms with Crippen LogP contribution in [0.25, 0.3) is 0 Å². The van der Waals surface area contributed by atoms with Crippen molar-refractivity contribution in [2.45, 2.75) is 58.7 Å². The third kappa shape index (κ3) is 3.35. The molecule has 0 spiro atoms. The number of halogens is 1.